The van der Waals surface area contributed by atoms with Gasteiger partial charge in [-0.05, 0) is 52.9 Å². The Morgan fingerprint density at radius 3 is 1.68 bits per heavy atom. The van der Waals surface area contributed by atoms with Gasteiger partial charge >= 0.3 is 0 Å². The Kier molecular flexibility index (Phi) is 7.44. The van der Waals surface area contributed by atoms with Crippen LogP contribution in [0.4, 0.5) is 0 Å². The lowest BCUT2D eigenvalue weighted by atomic mass is 9.75. The van der Waals surface area contributed by atoms with Crippen LogP contribution in [0.5, 0.6) is 0 Å². The lowest BCUT2D eigenvalue weighted by Crippen LogP contribution is -2.52. The molecular formula is C25H41NO2. The molecule has 0 atom stereocenters. The number of benzene rings is 1. The zero-order valence-corrected chi connectivity index (χ0v) is 19.7. The number of nitrogens with one attached hydrogen (secondary N) is 1. The normalized spacial score (nSPS) is 13.5. The second-order valence-corrected chi connectivity index (χ2v) is 11.7. The topological polar surface area (TPSA) is 46.2 Å². The summed E-state index contributed by atoms with van der Waals surface area (Å²) >= 11 is 0. The summed E-state index contributed by atoms with van der Waals surface area (Å²) in [4.78, 5) is 25.0. The van der Waals surface area contributed by atoms with Crippen molar-refractivity contribution in [3.8, 4) is 0 Å². The minimum absolute atomic E-state index is 0.000235. The largest absolute Gasteiger partial charge is 0.307 e. The molecule has 0 aliphatic heterocycles. The van der Waals surface area contributed by atoms with Gasteiger partial charge in [-0.3, -0.25) is 9.59 Å². The first-order valence-electron chi connectivity index (χ1n) is 10.4. The standard InChI is InChI=1S/C25H41NO2/c1-22(2,3)21(28)19-13-11-18(12-14-19)20(27)15-16-24(7,8)17-25(9,10)26-23(4,5)6/h11-14,26H,15-17H2,1-10H3. The van der Waals surface area contributed by atoms with E-state index in [0.29, 0.717) is 17.5 Å². The summed E-state index contributed by atoms with van der Waals surface area (Å²) in [5, 5.41) is 3.68. The molecule has 0 aromatic heterocycles. The lowest BCUT2D eigenvalue weighted by Gasteiger charge is -2.40. The molecule has 3 nitrogen and oxygen atoms in total. The molecule has 1 aromatic carbocycles. The Hall–Kier alpha value is -1.48. The molecule has 0 bridgehead atoms. The van der Waals surface area contributed by atoms with Crippen LogP contribution in [0.25, 0.3) is 0 Å². The minimum Gasteiger partial charge on any atom is -0.307 e. The summed E-state index contributed by atoms with van der Waals surface area (Å²) in [5.74, 6) is 0.241. The van der Waals surface area contributed by atoms with Crippen LogP contribution in [0.15, 0.2) is 24.3 Å². The Morgan fingerprint density at radius 1 is 0.786 bits per heavy atom. The lowest BCUT2D eigenvalue weighted by molar-refractivity contribution is 0.0857. The van der Waals surface area contributed by atoms with Gasteiger partial charge in [0.05, 0.1) is 0 Å². The molecule has 1 rings (SSSR count). The van der Waals surface area contributed by atoms with Gasteiger partial charge in [0, 0.05) is 34.0 Å². The van der Waals surface area contributed by atoms with Crippen molar-refractivity contribution in [1.29, 1.82) is 0 Å². The maximum Gasteiger partial charge on any atom is 0.168 e. The zero-order valence-electron chi connectivity index (χ0n) is 19.7. The van der Waals surface area contributed by atoms with E-state index in [1.165, 1.54) is 0 Å². The third-order valence-electron chi connectivity index (χ3n) is 4.81. The van der Waals surface area contributed by atoms with Crippen molar-refractivity contribution in [2.45, 2.75) is 99.6 Å². The van der Waals surface area contributed by atoms with Crippen molar-refractivity contribution in [2.24, 2.45) is 10.8 Å². The monoisotopic (exact) mass is 387 g/mol. The molecule has 1 N–H and O–H groups in total. The highest BCUT2D eigenvalue weighted by Gasteiger charge is 2.32. The fraction of sp³-hybridized carbons (Fsp3) is 0.680. The van der Waals surface area contributed by atoms with E-state index in [4.69, 9.17) is 0 Å². The molecule has 0 aliphatic carbocycles. The van der Waals surface area contributed by atoms with Crippen LogP contribution in [0, 0.1) is 10.8 Å². The number of rotatable bonds is 8. The van der Waals surface area contributed by atoms with Gasteiger partial charge in [-0.2, -0.15) is 0 Å². The van der Waals surface area contributed by atoms with Gasteiger partial charge in [0.15, 0.2) is 11.6 Å². The van der Waals surface area contributed by atoms with Crippen molar-refractivity contribution in [3.05, 3.63) is 35.4 Å². The van der Waals surface area contributed by atoms with E-state index < -0.39 is 5.41 Å². The van der Waals surface area contributed by atoms with Gasteiger partial charge in [-0.1, -0.05) is 58.9 Å². The van der Waals surface area contributed by atoms with E-state index >= 15 is 0 Å². The summed E-state index contributed by atoms with van der Waals surface area (Å²) in [6, 6.07) is 7.14. The first-order chi connectivity index (χ1) is 12.4. The Morgan fingerprint density at radius 2 is 1.25 bits per heavy atom. The fourth-order valence-electron chi connectivity index (χ4n) is 4.18. The second kappa shape index (κ2) is 8.49. The maximum absolute atomic E-state index is 12.7. The SMILES string of the molecule is CC(C)(CCC(=O)c1ccc(C(=O)C(C)(C)C)cc1)CC(C)(C)NC(C)(C)C. The molecule has 3 heteroatoms. The Bertz CT molecular complexity index is 683. The zero-order chi connectivity index (χ0) is 22.0. The van der Waals surface area contributed by atoms with Gasteiger partial charge < -0.3 is 5.32 Å². The number of hydrogen-bond donors (Lipinski definition) is 1. The summed E-state index contributed by atoms with van der Waals surface area (Å²) in [6.45, 7) is 21.2. The van der Waals surface area contributed by atoms with Gasteiger partial charge in [-0.15, -0.1) is 0 Å². The third-order valence-corrected chi connectivity index (χ3v) is 4.81. The average molecular weight is 388 g/mol. The maximum atomic E-state index is 12.7. The highest BCUT2D eigenvalue weighted by Crippen LogP contribution is 2.34. The van der Waals surface area contributed by atoms with E-state index in [2.05, 4.69) is 53.8 Å². The molecule has 0 aliphatic rings. The van der Waals surface area contributed by atoms with Crippen molar-refractivity contribution < 1.29 is 9.59 Å². The van der Waals surface area contributed by atoms with Crippen LogP contribution in [0.2, 0.25) is 0 Å². The van der Waals surface area contributed by atoms with Crippen LogP contribution in [0.3, 0.4) is 0 Å². The van der Waals surface area contributed by atoms with E-state index in [9.17, 15) is 9.59 Å². The number of Topliss-reactive ketones (excluding diaryl/α,β-unsaturated/α-hetero) is 2. The Balaban J connectivity index is 2.71. The number of ketones is 2. The van der Waals surface area contributed by atoms with Crippen LogP contribution >= 0.6 is 0 Å². The molecule has 0 amide bonds. The summed E-state index contributed by atoms with van der Waals surface area (Å²) in [6.07, 6.45) is 2.35. The van der Waals surface area contributed by atoms with Crippen LogP contribution in [-0.2, 0) is 0 Å². The molecule has 28 heavy (non-hydrogen) atoms. The van der Waals surface area contributed by atoms with Gasteiger partial charge in [-0.25, -0.2) is 0 Å². The van der Waals surface area contributed by atoms with Gasteiger partial charge in [0.1, 0.15) is 0 Å². The predicted molar refractivity (Wildman–Crippen MR) is 119 cm³/mol. The van der Waals surface area contributed by atoms with Gasteiger partial charge in [0.2, 0.25) is 0 Å². The molecule has 0 heterocycles. The molecule has 0 saturated heterocycles. The first-order valence-corrected chi connectivity index (χ1v) is 10.4. The predicted octanol–water partition coefficient (Wildman–Crippen LogP) is 6.46. The smallest absolute Gasteiger partial charge is 0.168 e. The van der Waals surface area contributed by atoms with Crippen LogP contribution in [0.1, 0.15) is 109 Å². The van der Waals surface area contributed by atoms with E-state index in [0.717, 1.165) is 12.8 Å². The van der Waals surface area contributed by atoms with Crippen LogP contribution in [-0.4, -0.2) is 22.6 Å². The minimum atomic E-state index is -0.413. The number of carbonyl (C=O) groups is 2. The Labute approximate surface area is 172 Å². The molecule has 0 spiro atoms. The van der Waals surface area contributed by atoms with Crippen molar-refractivity contribution in [2.75, 3.05) is 0 Å². The molecule has 0 saturated carbocycles. The van der Waals surface area contributed by atoms with Crippen molar-refractivity contribution in [3.63, 3.8) is 0 Å². The highest BCUT2D eigenvalue weighted by molar-refractivity contribution is 6.01. The number of hydrogen-bond acceptors (Lipinski definition) is 3. The number of carbonyl (C=O) groups excluding carboxylic acids is 2. The van der Waals surface area contributed by atoms with E-state index in [-0.39, 0.29) is 28.1 Å². The molecule has 158 valence electrons. The van der Waals surface area contributed by atoms with Crippen LogP contribution < -0.4 is 5.32 Å². The molecule has 1 aromatic rings. The third kappa shape index (κ3) is 8.26. The molecular weight excluding hydrogens is 346 g/mol. The van der Waals surface area contributed by atoms with E-state index in [1.54, 1.807) is 24.3 Å². The summed E-state index contributed by atoms with van der Waals surface area (Å²) in [7, 11) is 0. The summed E-state index contributed by atoms with van der Waals surface area (Å²) in [5.41, 5.74) is 1.05. The molecule has 0 unspecified atom stereocenters. The van der Waals surface area contributed by atoms with Crippen molar-refractivity contribution >= 4 is 11.6 Å². The van der Waals surface area contributed by atoms with Gasteiger partial charge in [0.25, 0.3) is 0 Å². The first kappa shape index (κ1) is 24.6. The molecule has 0 radical (unpaired) electrons. The molecule has 0 fully saturated rings. The second-order valence-electron chi connectivity index (χ2n) is 11.7. The highest BCUT2D eigenvalue weighted by atomic mass is 16.1. The van der Waals surface area contributed by atoms with Crippen molar-refractivity contribution in [1.82, 2.24) is 5.32 Å². The van der Waals surface area contributed by atoms with E-state index in [1.807, 2.05) is 20.8 Å². The summed E-state index contributed by atoms with van der Waals surface area (Å²) < 4.78 is 0. The quantitative estimate of drug-likeness (QED) is 0.521. The average Bonchev–Trinajstić information content (AvgIpc) is 2.47. The fourth-order valence-corrected chi connectivity index (χ4v) is 4.18.